The van der Waals surface area contributed by atoms with Crippen molar-refractivity contribution in [2.75, 3.05) is 0 Å². The van der Waals surface area contributed by atoms with Crippen molar-refractivity contribution in [3.63, 3.8) is 0 Å². The number of nitrogens with zero attached hydrogens (tertiary/aromatic N) is 3. The van der Waals surface area contributed by atoms with Gasteiger partial charge in [0.05, 0.1) is 5.69 Å². The van der Waals surface area contributed by atoms with E-state index in [9.17, 15) is 9.59 Å². The number of carbonyl (C=O) groups is 1. The lowest BCUT2D eigenvalue weighted by Crippen LogP contribution is -2.39. The Bertz CT molecular complexity index is 850. The molecule has 0 aliphatic carbocycles. The Hall–Kier alpha value is -2.94. The molecule has 0 fully saturated rings. The van der Waals surface area contributed by atoms with Crippen LogP contribution in [0, 0.1) is 25.2 Å². The number of aryl methyl sites for hydroxylation is 2. The van der Waals surface area contributed by atoms with E-state index < -0.39 is 5.56 Å². The maximum absolute atomic E-state index is 12.2. The molecule has 25 heavy (non-hydrogen) atoms. The number of aromatic nitrogens is 2. The fraction of sp³-hybridized carbons (Fsp3) is 0.368. The molecule has 0 bridgehead atoms. The molecule has 1 aromatic heterocycles. The lowest BCUT2D eigenvalue weighted by atomic mass is 10.1. The summed E-state index contributed by atoms with van der Waals surface area (Å²) in [7, 11) is 0. The van der Waals surface area contributed by atoms with Crippen molar-refractivity contribution in [1.82, 2.24) is 15.1 Å². The Morgan fingerprint density at radius 3 is 2.64 bits per heavy atom. The number of carbonyl (C=O) groups excluding carboxylic acids is 1. The standard InChI is InChI=1S/C19H22N4O2/c1-13(9-10-16-7-5-4-6-8-16)21-18(24)12-23-19(25)17(11-20)14(2)15(3)22-23/h4-8,13H,9-10,12H2,1-3H3,(H,21,24)/t13-/m1/s1. The van der Waals surface area contributed by atoms with E-state index in [2.05, 4.69) is 22.5 Å². The monoisotopic (exact) mass is 338 g/mol. The average molecular weight is 338 g/mol. The Morgan fingerprint density at radius 1 is 1.32 bits per heavy atom. The lowest BCUT2D eigenvalue weighted by molar-refractivity contribution is -0.122. The summed E-state index contributed by atoms with van der Waals surface area (Å²) in [6, 6.07) is 11.9. The van der Waals surface area contributed by atoms with E-state index in [-0.39, 0.29) is 24.1 Å². The summed E-state index contributed by atoms with van der Waals surface area (Å²) in [5.74, 6) is -0.290. The summed E-state index contributed by atoms with van der Waals surface area (Å²) >= 11 is 0. The molecule has 2 aromatic rings. The van der Waals surface area contributed by atoms with E-state index in [0.717, 1.165) is 17.5 Å². The molecule has 1 amide bonds. The molecule has 0 saturated carbocycles. The van der Waals surface area contributed by atoms with Gasteiger partial charge in [-0.2, -0.15) is 10.4 Å². The molecule has 2 rings (SSSR count). The molecule has 130 valence electrons. The first-order chi connectivity index (χ1) is 11.9. The second-order valence-corrected chi connectivity index (χ2v) is 6.15. The maximum Gasteiger partial charge on any atom is 0.285 e. The minimum atomic E-state index is -0.530. The number of hydrogen-bond acceptors (Lipinski definition) is 4. The van der Waals surface area contributed by atoms with Crippen LogP contribution in [-0.4, -0.2) is 21.7 Å². The molecular weight excluding hydrogens is 316 g/mol. The molecule has 0 saturated heterocycles. The molecule has 1 heterocycles. The van der Waals surface area contributed by atoms with Crippen molar-refractivity contribution in [2.24, 2.45) is 0 Å². The summed E-state index contributed by atoms with van der Waals surface area (Å²) in [5, 5.41) is 16.1. The summed E-state index contributed by atoms with van der Waals surface area (Å²) in [4.78, 5) is 24.4. The van der Waals surface area contributed by atoms with Gasteiger partial charge in [-0.1, -0.05) is 30.3 Å². The van der Waals surface area contributed by atoms with E-state index in [0.29, 0.717) is 11.3 Å². The number of nitriles is 1. The molecule has 6 nitrogen and oxygen atoms in total. The molecule has 0 spiro atoms. The molecule has 1 N–H and O–H groups in total. The summed E-state index contributed by atoms with van der Waals surface area (Å²) < 4.78 is 1.06. The zero-order valence-corrected chi connectivity index (χ0v) is 14.7. The van der Waals surface area contributed by atoms with Gasteiger partial charge in [0.15, 0.2) is 0 Å². The van der Waals surface area contributed by atoms with Crippen molar-refractivity contribution >= 4 is 5.91 Å². The van der Waals surface area contributed by atoms with E-state index >= 15 is 0 Å². The van der Waals surface area contributed by atoms with Crippen LogP contribution in [-0.2, 0) is 17.8 Å². The first-order valence-electron chi connectivity index (χ1n) is 8.24. The molecule has 0 radical (unpaired) electrons. The van der Waals surface area contributed by atoms with Crippen LogP contribution >= 0.6 is 0 Å². The third-order valence-electron chi connectivity index (χ3n) is 4.16. The van der Waals surface area contributed by atoms with Crippen molar-refractivity contribution in [1.29, 1.82) is 5.26 Å². The zero-order chi connectivity index (χ0) is 18.4. The van der Waals surface area contributed by atoms with Crippen molar-refractivity contribution in [3.05, 3.63) is 63.1 Å². The Morgan fingerprint density at radius 2 is 2.00 bits per heavy atom. The Balaban J connectivity index is 1.97. The van der Waals surface area contributed by atoms with Crippen LogP contribution in [0.2, 0.25) is 0 Å². The van der Waals surface area contributed by atoms with Gasteiger partial charge in [-0.15, -0.1) is 0 Å². The van der Waals surface area contributed by atoms with E-state index in [4.69, 9.17) is 5.26 Å². The molecular formula is C19H22N4O2. The van der Waals surface area contributed by atoms with E-state index in [1.807, 2.05) is 31.2 Å². The molecule has 1 atom stereocenters. The van der Waals surface area contributed by atoms with Gasteiger partial charge in [0.2, 0.25) is 5.91 Å². The van der Waals surface area contributed by atoms with Gasteiger partial charge < -0.3 is 5.32 Å². The fourth-order valence-corrected chi connectivity index (χ4v) is 2.57. The smallest absolute Gasteiger partial charge is 0.285 e. The molecule has 0 aliphatic heterocycles. The Kier molecular flexibility index (Phi) is 6.07. The van der Waals surface area contributed by atoms with Crippen LogP contribution in [0.3, 0.4) is 0 Å². The molecule has 0 aliphatic rings. The third kappa shape index (κ3) is 4.77. The largest absolute Gasteiger partial charge is 0.352 e. The van der Waals surface area contributed by atoms with Crippen LogP contribution < -0.4 is 10.9 Å². The van der Waals surface area contributed by atoms with Gasteiger partial charge in [0.25, 0.3) is 5.56 Å². The Labute approximate surface area is 147 Å². The van der Waals surface area contributed by atoms with Crippen LogP contribution in [0.5, 0.6) is 0 Å². The van der Waals surface area contributed by atoms with Crippen LogP contribution in [0.4, 0.5) is 0 Å². The quantitative estimate of drug-likeness (QED) is 0.871. The summed E-state index contributed by atoms with van der Waals surface area (Å²) in [6.07, 6.45) is 1.66. The van der Waals surface area contributed by atoms with Gasteiger partial charge in [0, 0.05) is 6.04 Å². The zero-order valence-electron chi connectivity index (χ0n) is 14.7. The van der Waals surface area contributed by atoms with Gasteiger partial charge in [-0.25, -0.2) is 4.68 Å². The molecule has 1 aromatic carbocycles. The second kappa shape index (κ2) is 8.25. The van der Waals surface area contributed by atoms with Crippen LogP contribution in [0.1, 0.15) is 35.7 Å². The minimum absolute atomic E-state index is 0.0228. The number of nitrogens with one attached hydrogen (secondary N) is 1. The molecule has 0 unspecified atom stereocenters. The SMILES string of the molecule is Cc1nn(CC(=O)N[C@H](C)CCc2ccccc2)c(=O)c(C#N)c1C. The first-order valence-corrected chi connectivity index (χ1v) is 8.24. The highest BCUT2D eigenvalue weighted by Gasteiger charge is 2.15. The highest BCUT2D eigenvalue weighted by Crippen LogP contribution is 2.06. The van der Waals surface area contributed by atoms with Crippen LogP contribution in [0.25, 0.3) is 0 Å². The topological polar surface area (TPSA) is 87.8 Å². The predicted octanol–water partition coefficient (Wildman–Crippen LogP) is 1.87. The van der Waals surface area contributed by atoms with E-state index in [1.165, 1.54) is 5.56 Å². The lowest BCUT2D eigenvalue weighted by Gasteiger charge is -2.15. The van der Waals surface area contributed by atoms with Gasteiger partial charge >= 0.3 is 0 Å². The number of benzene rings is 1. The van der Waals surface area contributed by atoms with Gasteiger partial charge in [-0.3, -0.25) is 9.59 Å². The van der Waals surface area contributed by atoms with Crippen molar-refractivity contribution in [2.45, 2.75) is 46.2 Å². The molecule has 6 heteroatoms. The number of hydrogen-bond donors (Lipinski definition) is 1. The third-order valence-corrected chi connectivity index (χ3v) is 4.16. The minimum Gasteiger partial charge on any atom is -0.352 e. The first kappa shape index (κ1) is 18.4. The average Bonchev–Trinajstić information content (AvgIpc) is 2.59. The van der Waals surface area contributed by atoms with Crippen molar-refractivity contribution < 1.29 is 4.79 Å². The second-order valence-electron chi connectivity index (χ2n) is 6.15. The fourth-order valence-electron chi connectivity index (χ4n) is 2.57. The number of rotatable bonds is 6. The highest BCUT2D eigenvalue weighted by atomic mass is 16.2. The highest BCUT2D eigenvalue weighted by molar-refractivity contribution is 5.75. The summed E-state index contributed by atoms with van der Waals surface area (Å²) in [6.45, 7) is 5.13. The van der Waals surface area contributed by atoms with E-state index in [1.54, 1.807) is 13.8 Å². The van der Waals surface area contributed by atoms with Crippen molar-refractivity contribution in [3.8, 4) is 6.07 Å². The van der Waals surface area contributed by atoms with Gasteiger partial charge in [0.1, 0.15) is 18.2 Å². The van der Waals surface area contributed by atoms with Gasteiger partial charge in [-0.05, 0) is 44.7 Å². The number of amides is 1. The summed E-state index contributed by atoms with van der Waals surface area (Å²) in [5.41, 5.74) is 1.85. The predicted molar refractivity (Wildman–Crippen MR) is 95.1 cm³/mol. The maximum atomic E-state index is 12.2. The van der Waals surface area contributed by atoms with Crippen LogP contribution in [0.15, 0.2) is 35.1 Å². The normalized spacial score (nSPS) is 11.6.